The van der Waals surface area contributed by atoms with Crippen LogP contribution in [0.25, 0.3) is 5.65 Å². The molecule has 3 aromatic rings. The Kier molecular flexibility index (Phi) is 4.32. The fourth-order valence-corrected chi connectivity index (χ4v) is 3.13. The van der Waals surface area contributed by atoms with E-state index < -0.39 is 0 Å². The Morgan fingerprint density at radius 1 is 1.04 bits per heavy atom. The first-order valence-corrected chi connectivity index (χ1v) is 8.55. The second-order valence-electron chi connectivity index (χ2n) is 6.03. The van der Waals surface area contributed by atoms with Crippen LogP contribution in [-0.2, 0) is 13.1 Å². The second-order valence-corrected chi connectivity index (χ2v) is 6.47. The molecule has 1 N–H and O–H groups in total. The molecule has 6 nitrogen and oxygen atoms in total. The number of rotatable bonds is 5. The third-order valence-electron chi connectivity index (χ3n) is 4.18. The molecule has 4 rings (SSSR count). The number of nitrogens with one attached hydrogen (secondary N) is 1. The van der Waals surface area contributed by atoms with Crippen molar-refractivity contribution in [2.45, 2.75) is 25.9 Å². The summed E-state index contributed by atoms with van der Waals surface area (Å²) in [6, 6.07) is 3.76. The van der Waals surface area contributed by atoms with Crippen LogP contribution in [0.3, 0.4) is 0 Å². The van der Waals surface area contributed by atoms with E-state index in [1.165, 1.54) is 12.8 Å². The van der Waals surface area contributed by atoms with Gasteiger partial charge in [-0.3, -0.25) is 0 Å². The number of halogens is 1. The molecule has 24 heavy (non-hydrogen) atoms. The second kappa shape index (κ2) is 6.75. The van der Waals surface area contributed by atoms with Gasteiger partial charge in [0.2, 0.25) is 5.95 Å². The van der Waals surface area contributed by atoms with Crippen LogP contribution < -0.4 is 10.2 Å². The van der Waals surface area contributed by atoms with E-state index in [2.05, 4.69) is 25.2 Å². The predicted molar refractivity (Wildman–Crippen MR) is 94.2 cm³/mol. The number of hydrogen-bond donors (Lipinski definition) is 1. The van der Waals surface area contributed by atoms with Gasteiger partial charge in [-0.2, -0.15) is 0 Å². The Morgan fingerprint density at radius 3 is 2.62 bits per heavy atom. The summed E-state index contributed by atoms with van der Waals surface area (Å²) in [6.45, 7) is 3.53. The highest BCUT2D eigenvalue weighted by atomic mass is 35.5. The molecule has 1 aliphatic heterocycles. The largest absolute Gasteiger partial charge is 0.341 e. The van der Waals surface area contributed by atoms with Crippen molar-refractivity contribution in [3.63, 3.8) is 0 Å². The predicted octanol–water partition coefficient (Wildman–Crippen LogP) is 2.67. The monoisotopic (exact) mass is 342 g/mol. The number of aromatic nitrogens is 4. The van der Waals surface area contributed by atoms with E-state index in [0.717, 1.165) is 42.5 Å². The molecule has 0 radical (unpaired) electrons. The fraction of sp³-hybridized carbons (Fsp3) is 0.353. The zero-order valence-corrected chi connectivity index (χ0v) is 14.1. The van der Waals surface area contributed by atoms with Crippen molar-refractivity contribution >= 4 is 23.2 Å². The van der Waals surface area contributed by atoms with Gasteiger partial charge >= 0.3 is 0 Å². The first-order chi connectivity index (χ1) is 11.8. The van der Waals surface area contributed by atoms with Gasteiger partial charge in [0, 0.05) is 56.5 Å². The van der Waals surface area contributed by atoms with E-state index in [-0.39, 0.29) is 0 Å². The third kappa shape index (κ3) is 3.34. The number of hydrogen-bond acceptors (Lipinski definition) is 5. The Bertz CT molecular complexity index is 823. The Labute approximate surface area is 145 Å². The molecule has 1 aliphatic rings. The van der Waals surface area contributed by atoms with E-state index in [9.17, 15) is 0 Å². The van der Waals surface area contributed by atoms with Gasteiger partial charge in [0.05, 0.1) is 10.7 Å². The molecule has 7 heteroatoms. The number of anilines is 1. The van der Waals surface area contributed by atoms with Crippen LogP contribution in [0.5, 0.6) is 0 Å². The van der Waals surface area contributed by atoms with Crippen molar-refractivity contribution in [1.82, 2.24) is 24.7 Å². The maximum Gasteiger partial charge on any atom is 0.225 e. The van der Waals surface area contributed by atoms with Crippen LogP contribution in [0, 0.1) is 0 Å². The van der Waals surface area contributed by atoms with Crippen molar-refractivity contribution in [2.75, 3.05) is 18.0 Å². The minimum Gasteiger partial charge on any atom is -0.341 e. The Hall–Kier alpha value is -2.18. The van der Waals surface area contributed by atoms with E-state index >= 15 is 0 Å². The summed E-state index contributed by atoms with van der Waals surface area (Å²) in [5, 5.41) is 4.08. The van der Waals surface area contributed by atoms with Gasteiger partial charge in [0.25, 0.3) is 0 Å². The molecule has 0 bridgehead atoms. The lowest BCUT2D eigenvalue weighted by atomic mass is 10.3. The quantitative estimate of drug-likeness (QED) is 0.772. The first-order valence-electron chi connectivity index (χ1n) is 8.18. The van der Waals surface area contributed by atoms with Crippen molar-refractivity contribution < 1.29 is 0 Å². The zero-order valence-electron chi connectivity index (χ0n) is 13.3. The SMILES string of the molecule is Clc1ccc2nc(CNCc3cnc(N4CCCC4)nc3)cn2c1. The number of imidazole rings is 1. The van der Waals surface area contributed by atoms with Crippen molar-refractivity contribution in [2.24, 2.45) is 0 Å². The van der Waals surface area contributed by atoms with Gasteiger partial charge in [-0.1, -0.05) is 11.6 Å². The molecule has 0 amide bonds. The summed E-state index contributed by atoms with van der Waals surface area (Å²) in [6.07, 6.45) is 10.1. The number of nitrogens with zero attached hydrogens (tertiary/aromatic N) is 5. The summed E-state index contributed by atoms with van der Waals surface area (Å²) >= 11 is 5.99. The van der Waals surface area contributed by atoms with Gasteiger partial charge in [0.1, 0.15) is 5.65 Å². The number of pyridine rings is 1. The lowest BCUT2D eigenvalue weighted by Crippen LogP contribution is -2.20. The van der Waals surface area contributed by atoms with Gasteiger partial charge in [-0.25, -0.2) is 15.0 Å². The first kappa shape index (κ1) is 15.4. The summed E-state index contributed by atoms with van der Waals surface area (Å²) < 4.78 is 1.94. The van der Waals surface area contributed by atoms with Crippen LogP contribution >= 0.6 is 11.6 Å². The Morgan fingerprint density at radius 2 is 1.83 bits per heavy atom. The molecule has 0 aromatic carbocycles. The summed E-state index contributed by atoms with van der Waals surface area (Å²) in [4.78, 5) is 15.7. The smallest absolute Gasteiger partial charge is 0.225 e. The molecule has 0 unspecified atom stereocenters. The van der Waals surface area contributed by atoms with Crippen LogP contribution in [0.4, 0.5) is 5.95 Å². The molecule has 3 aromatic heterocycles. The average molecular weight is 343 g/mol. The average Bonchev–Trinajstić information content (AvgIpc) is 3.24. The summed E-state index contributed by atoms with van der Waals surface area (Å²) in [5.41, 5.74) is 2.95. The molecule has 0 atom stereocenters. The van der Waals surface area contributed by atoms with Crippen LogP contribution in [0.15, 0.2) is 36.9 Å². The molecular formula is C17H19ClN6. The highest BCUT2D eigenvalue weighted by Gasteiger charge is 2.14. The number of fused-ring (bicyclic) bond motifs is 1. The standard InChI is InChI=1S/C17H19ClN6/c18-14-3-4-16-22-15(12-24(16)11-14)10-19-7-13-8-20-17(21-9-13)23-5-1-2-6-23/h3-4,8-9,11-12,19H,1-2,5-7,10H2. The maximum absolute atomic E-state index is 5.99. The zero-order chi connectivity index (χ0) is 16.4. The van der Waals surface area contributed by atoms with Crippen molar-refractivity contribution in [3.05, 3.63) is 53.2 Å². The van der Waals surface area contributed by atoms with E-state index in [4.69, 9.17) is 11.6 Å². The lowest BCUT2D eigenvalue weighted by Gasteiger charge is -2.14. The molecule has 1 fully saturated rings. The molecule has 0 spiro atoms. The minimum absolute atomic E-state index is 0.688. The molecule has 0 saturated carbocycles. The molecule has 4 heterocycles. The Balaban J connectivity index is 1.34. The van der Waals surface area contributed by atoms with E-state index in [0.29, 0.717) is 11.6 Å². The molecule has 1 saturated heterocycles. The van der Waals surface area contributed by atoms with Crippen LogP contribution in [0.2, 0.25) is 5.02 Å². The topological polar surface area (TPSA) is 58.4 Å². The molecule has 124 valence electrons. The maximum atomic E-state index is 5.99. The van der Waals surface area contributed by atoms with Crippen LogP contribution in [-0.4, -0.2) is 32.4 Å². The highest BCUT2D eigenvalue weighted by Crippen LogP contribution is 2.15. The van der Waals surface area contributed by atoms with Gasteiger partial charge in [0.15, 0.2) is 0 Å². The van der Waals surface area contributed by atoms with Gasteiger partial charge in [-0.15, -0.1) is 0 Å². The van der Waals surface area contributed by atoms with E-state index in [1.54, 1.807) is 0 Å². The summed E-state index contributed by atoms with van der Waals surface area (Å²) in [5.74, 6) is 0.841. The van der Waals surface area contributed by atoms with E-state index in [1.807, 2.05) is 41.3 Å². The normalized spacial score (nSPS) is 14.6. The van der Waals surface area contributed by atoms with Crippen molar-refractivity contribution in [1.29, 1.82) is 0 Å². The fourth-order valence-electron chi connectivity index (χ4n) is 2.96. The highest BCUT2D eigenvalue weighted by molar-refractivity contribution is 6.30. The molecular weight excluding hydrogens is 324 g/mol. The van der Waals surface area contributed by atoms with Crippen molar-refractivity contribution in [3.8, 4) is 0 Å². The summed E-state index contributed by atoms with van der Waals surface area (Å²) in [7, 11) is 0. The minimum atomic E-state index is 0.688. The van der Waals surface area contributed by atoms with Gasteiger partial charge in [-0.05, 0) is 25.0 Å². The van der Waals surface area contributed by atoms with Gasteiger partial charge < -0.3 is 14.6 Å². The third-order valence-corrected chi connectivity index (χ3v) is 4.40. The van der Waals surface area contributed by atoms with Crippen LogP contribution in [0.1, 0.15) is 24.1 Å². The molecule has 0 aliphatic carbocycles. The lowest BCUT2D eigenvalue weighted by molar-refractivity contribution is 0.678.